The number of benzene rings is 2. The van der Waals surface area contributed by atoms with Crippen molar-refractivity contribution in [3.8, 4) is 5.75 Å². The van der Waals surface area contributed by atoms with Gasteiger partial charge in [0.05, 0.1) is 13.2 Å². The summed E-state index contributed by atoms with van der Waals surface area (Å²) in [6, 6.07) is 15.5. The van der Waals surface area contributed by atoms with Crippen molar-refractivity contribution in [2.75, 3.05) is 51.8 Å². The van der Waals surface area contributed by atoms with Crippen molar-refractivity contribution >= 4 is 11.6 Å². The standard InChI is InChI=1S/C24H31N3O3/c1-26-12-10-23(11-13-26)30-22-8-6-21(7-9-22)25-24(28)20-4-2-19(3-5-20)18-27-14-16-29-17-15-27/h2-9,23H,10-18H2,1H3,(H,25,28). The van der Waals surface area contributed by atoms with Gasteiger partial charge in [0.2, 0.25) is 0 Å². The van der Waals surface area contributed by atoms with E-state index in [-0.39, 0.29) is 12.0 Å². The molecule has 0 saturated carbocycles. The largest absolute Gasteiger partial charge is 0.490 e. The Kier molecular flexibility index (Phi) is 7.00. The molecule has 4 rings (SSSR count). The fourth-order valence-corrected chi connectivity index (χ4v) is 3.89. The Balaban J connectivity index is 1.27. The molecule has 2 fully saturated rings. The molecule has 6 nitrogen and oxygen atoms in total. The summed E-state index contributed by atoms with van der Waals surface area (Å²) in [4.78, 5) is 17.3. The van der Waals surface area contributed by atoms with E-state index >= 15 is 0 Å². The highest BCUT2D eigenvalue weighted by Gasteiger charge is 2.18. The van der Waals surface area contributed by atoms with Crippen LogP contribution in [0.4, 0.5) is 5.69 Å². The molecule has 0 radical (unpaired) electrons. The minimum Gasteiger partial charge on any atom is -0.490 e. The number of amides is 1. The van der Waals surface area contributed by atoms with Gasteiger partial charge in [0, 0.05) is 44.0 Å². The molecule has 0 unspecified atom stereocenters. The second-order valence-electron chi connectivity index (χ2n) is 8.18. The van der Waals surface area contributed by atoms with Crippen LogP contribution < -0.4 is 10.1 Å². The molecule has 0 spiro atoms. The first-order valence-electron chi connectivity index (χ1n) is 10.8. The summed E-state index contributed by atoms with van der Waals surface area (Å²) >= 11 is 0. The Morgan fingerprint density at radius 3 is 2.33 bits per heavy atom. The minimum atomic E-state index is -0.100. The summed E-state index contributed by atoms with van der Waals surface area (Å²) in [5.41, 5.74) is 2.64. The van der Waals surface area contributed by atoms with Gasteiger partial charge in [-0.1, -0.05) is 12.1 Å². The van der Waals surface area contributed by atoms with E-state index in [9.17, 15) is 4.79 Å². The van der Waals surface area contributed by atoms with Gasteiger partial charge in [-0.2, -0.15) is 0 Å². The lowest BCUT2D eigenvalue weighted by Crippen LogP contribution is -2.35. The van der Waals surface area contributed by atoms with E-state index in [4.69, 9.17) is 9.47 Å². The maximum atomic E-state index is 12.6. The Labute approximate surface area is 178 Å². The molecule has 1 amide bonds. The number of carbonyl (C=O) groups is 1. The van der Waals surface area contributed by atoms with Gasteiger partial charge in [-0.3, -0.25) is 9.69 Å². The van der Waals surface area contributed by atoms with E-state index < -0.39 is 0 Å². The van der Waals surface area contributed by atoms with Crippen LogP contribution in [-0.2, 0) is 11.3 Å². The molecule has 0 aromatic heterocycles. The molecule has 160 valence electrons. The lowest BCUT2D eigenvalue weighted by Gasteiger charge is -2.29. The smallest absolute Gasteiger partial charge is 0.255 e. The van der Waals surface area contributed by atoms with Crippen molar-refractivity contribution < 1.29 is 14.3 Å². The highest BCUT2D eigenvalue weighted by atomic mass is 16.5. The number of rotatable bonds is 6. The lowest BCUT2D eigenvalue weighted by atomic mass is 10.1. The number of hydrogen-bond acceptors (Lipinski definition) is 5. The Hall–Kier alpha value is -2.41. The first kappa shape index (κ1) is 20.8. The number of nitrogens with zero attached hydrogens (tertiary/aromatic N) is 2. The maximum absolute atomic E-state index is 12.6. The van der Waals surface area contributed by atoms with Crippen LogP contribution in [0.25, 0.3) is 0 Å². The predicted molar refractivity (Wildman–Crippen MR) is 118 cm³/mol. The third-order valence-electron chi connectivity index (χ3n) is 5.81. The molecule has 0 atom stereocenters. The van der Waals surface area contributed by atoms with Crippen LogP contribution >= 0.6 is 0 Å². The zero-order valence-electron chi connectivity index (χ0n) is 17.7. The minimum absolute atomic E-state index is 0.100. The summed E-state index contributed by atoms with van der Waals surface area (Å²) in [5, 5.41) is 2.97. The van der Waals surface area contributed by atoms with Crippen LogP contribution in [0, 0.1) is 0 Å². The van der Waals surface area contributed by atoms with E-state index in [0.29, 0.717) is 5.56 Å². The molecule has 2 heterocycles. The Morgan fingerprint density at radius 2 is 1.67 bits per heavy atom. The van der Waals surface area contributed by atoms with Crippen LogP contribution in [0.2, 0.25) is 0 Å². The van der Waals surface area contributed by atoms with Crippen LogP contribution in [0.15, 0.2) is 48.5 Å². The highest BCUT2D eigenvalue weighted by molar-refractivity contribution is 6.04. The van der Waals surface area contributed by atoms with Crippen molar-refractivity contribution in [2.45, 2.75) is 25.5 Å². The van der Waals surface area contributed by atoms with Gasteiger partial charge < -0.3 is 19.7 Å². The number of ether oxygens (including phenoxy) is 2. The van der Waals surface area contributed by atoms with E-state index in [2.05, 4.69) is 22.2 Å². The summed E-state index contributed by atoms with van der Waals surface area (Å²) in [7, 11) is 2.14. The molecular formula is C24H31N3O3. The zero-order valence-corrected chi connectivity index (χ0v) is 17.7. The molecule has 0 bridgehead atoms. The Morgan fingerprint density at radius 1 is 1.00 bits per heavy atom. The van der Waals surface area contributed by atoms with Gasteiger partial charge in [0.15, 0.2) is 0 Å². The van der Waals surface area contributed by atoms with Crippen molar-refractivity contribution in [1.29, 1.82) is 0 Å². The van der Waals surface area contributed by atoms with Crippen LogP contribution in [0.3, 0.4) is 0 Å². The fourth-order valence-electron chi connectivity index (χ4n) is 3.89. The van der Waals surface area contributed by atoms with Crippen LogP contribution in [0.5, 0.6) is 5.75 Å². The molecular weight excluding hydrogens is 378 g/mol. The zero-order chi connectivity index (χ0) is 20.8. The van der Waals surface area contributed by atoms with Gasteiger partial charge in [-0.15, -0.1) is 0 Å². The lowest BCUT2D eigenvalue weighted by molar-refractivity contribution is 0.0342. The van der Waals surface area contributed by atoms with Gasteiger partial charge in [0.1, 0.15) is 11.9 Å². The average Bonchev–Trinajstić information content (AvgIpc) is 2.78. The molecule has 2 aromatic rings. The third kappa shape index (κ3) is 5.81. The van der Waals surface area contributed by atoms with Crippen molar-refractivity contribution in [3.05, 3.63) is 59.7 Å². The topological polar surface area (TPSA) is 54.0 Å². The quantitative estimate of drug-likeness (QED) is 0.794. The Bertz CT molecular complexity index is 809. The SMILES string of the molecule is CN1CCC(Oc2ccc(NC(=O)c3ccc(CN4CCOCC4)cc3)cc2)CC1. The molecule has 2 aromatic carbocycles. The van der Waals surface area contributed by atoms with Crippen LogP contribution in [0.1, 0.15) is 28.8 Å². The number of piperidine rings is 1. The van der Waals surface area contributed by atoms with Gasteiger partial charge in [0.25, 0.3) is 5.91 Å². The van der Waals surface area contributed by atoms with Crippen LogP contribution in [-0.4, -0.2) is 68.3 Å². The summed E-state index contributed by atoms with van der Waals surface area (Å²) < 4.78 is 11.5. The van der Waals surface area contributed by atoms with Crippen molar-refractivity contribution in [1.82, 2.24) is 9.80 Å². The van der Waals surface area contributed by atoms with Crippen molar-refractivity contribution in [3.63, 3.8) is 0 Å². The highest BCUT2D eigenvalue weighted by Crippen LogP contribution is 2.21. The number of anilines is 1. The fraction of sp³-hybridized carbons (Fsp3) is 0.458. The summed E-state index contributed by atoms with van der Waals surface area (Å²) in [5.74, 6) is 0.756. The number of nitrogens with one attached hydrogen (secondary N) is 1. The van der Waals surface area contributed by atoms with Gasteiger partial charge >= 0.3 is 0 Å². The molecule has 1 N–H and O–H groups in total. The van der Waals surface area contributed by atoms with E-state index in [1.165, 1.54) is 5.56 Å². The first-order valence-corrected chi connectivity index (χ1v) is 10.8. The van der Waals surface area contributed by atoms with E-state index in [1.807, 2.05) is 48.5 Å². The first-order chi connectivity index (χ1) is 14.7. The van der Waals surface area contributed by atoms with Crippen molar-refractivity contribution in [2.24, 2.45) is 0 Å². The maximum Gasteiger partial charge on any atom is 0.255 e. The molecule has 0 aliphatic carbocycles. The van der Waals surface area contributed by atoms with E-state index in [0.717, 1.165) is 70.2 Å². The summed E-state index contributed by atoms with van der Waals surface area (Å²) in [6.07, 6.45) is 2.38. The number of carbonyl (C=O) groups excluding carboxylic acids is 1. The predicted octanol–water partition coefficient (Wildman–Crippen LogP) is 3.24. The third-order valence-corrected chi connectivity index (χ3v) is 5.81. The second-order valence-corrected chi connectivity index (χ2v) is 8.18. The van der Waals surface area contributed by atoms with Gasteiger partial charge in [-0.25, -0.2) is 0 Å². The van der Waals surface area contributed by atoms with E-state index in [1.54, 1.807) is 0 Å². The monoisotopic (exact) mass is 409 g/mol. The molecule has 2 aliphatic heterocycles. The number of morpholine rings is 1. The summed E-state index contributed by atoms with van der Waals surface area (Å²) in [6.45, 7) is 6.54. The molecule has 2 saturated heterocycles. The molecule has 6 heteroatoms. The second kappa shape index (κ2) is 10.1. The van der Waals surface area contributed by atoms with Gasteiger partial charge in [-0.05, 0) is 61.9 Å². The number of likely N-dealkylation sites (tertiary alicyclic amines) is 1. The normalized spacial score (nSPS) is 18.8. The molecule has 30 heavy (non-hydrogen) atoms. The molecule has 2 aliphatic rings. The number of hydrogen-bond donors (Lipinski definition) is 1. The average molecular weight is 410 g/mol.